The summed E-state index contributed by atoms with van der Waals surface area (Å²) in [7, 11) is 0. The van der Waals surface area contributed by atoms with Gasteiger partial charge in [-0.15, -0.1) is 11.3 Å². The maximum Gasteiger partial charge on any atom is 0.223 e. The average molecular weight is 315 g/mol. The summed E-state index contributed by atoms with van der Waals surface area (Å²) in [6, 6.07) is 12.0. The number of hydrogen-bond donors (Lipinski definition) is 2. The van der Waals surface area contributed by atoms with E-state index in [-0.39, 0.29) is 18.4 Å². The largest absolute Gasteiger partial charge is 0.387 e. The number of aryl methyl sites for hydroxylation is 2. The summed E-state index contributed by atoms with van der Waals surface area (Å²) in [6.45, 7) is 4.37. The summed E-state index contributed by atoms with van der Waals surface area (Å²) >= 11 is 1.77. The molecule has 2 aromatic rings. The van der Waals surface area contributed by atoms with Crippen molar-refractivity contribution in [2.45, 2.75) is 32.3 Å². The van der Waals surface area contributed by atoms with Gasteiger partial charge in [0.25, 0.3) is 0 Å². The number of rotatable bonds is 5. The maximum absolute atomic E-state index is 12.2. The molecule has 3 rings (SSSR count). The fourth-order valence-corrected chi connectivity index (χ4v) is 3.74. The first-order chi connectivity index (χ1) is 10.5. The lowest BCUT2D eigenvalue weighted by atomic mass is 10.1. The molecule has 22 heavy (non-hydrogen) atoms. The van der Waals surface area contributed by atoms with Crippen molar-refractivity contribution in [3.05, 3.63) is 57.3 Å². The number of nitrogens with one attached hydrogen (secondary N) is 1. The van der Waals surface area contributed by atoms with E-state index in [1.54, 1.807) is 11.3 Å². The first-order valence-corrected chi connectivity index (χ1v) is 8.45. The first kappa shape index (κ1) is 15.3. The number of benzene rings is 1. The number of carbonyl (C=O) groups excluding carboxylic acids is 1. The van der Waals surface area contributed by atoms with Gasteiger partial charge in [-0.3, -0.25) is 4.79 Å². The van der Waals surface area contributed by atoms with Gasteiger partial charge in [-0.05, 0) is 38.0 Å². The third kappa shape index (κ3) is 3.39. The van der Waals surface area contributed by atoms with Gasteiger partial charge in [0.1, 0.15) is 0 Å². The Balaban J connectivity index is 1.50. The van der Waals surface area contributed by atoms with Crippen LogP contribution in [0.3, 0.4) is 0 Å². The van der Waals surface area contributed by atoms with E-state index in [4.69, 9.17) is 0 Å². The van der Waals surface area contributed by atoms with Gasteiger partial charge >= 0.3 is 0 Å². The smallest absolute Gasteiger partial charge is 0.223 e. The fraction of sp³-hybridized carbons (Fsp3) is 0.389. The van der Waals surface area contributed by atoms with Crippen molar-refractivity contribution in [1.82, 2.24) is 5.32 Å². The van der Waals surface area contributed by atoms with Crippen molar-refractivity contribution in [1.29, 1.82) is 0 Å². The minimum absolute atomic E-state index is 0.0576. The second-order valence-electron chi connectivity index (χ2n) is 6.07. The Bertz CT molecular complexity index is 662. The monoisotopic (exact) mass is 315 g/mol. The molecular weight excluding hydrogens is 294 g/mol. The van der Waals surface area contributed by atoms with Gasteiger partial charge in [-0.25, -0.2) is 0 Å². The maximum atomic E-state index is 12.2. The molecule has 0 unspecified atom stereocenters. The Morgan fingerprint density at radius 2 is 2.00 bits per heavy atom. The first-order valence-electron chi connectivity index (χ1n) is 7.63. The SMILES string of the molecule is Cc1ccc([C@H](O)CNC(=O)[C@@H]2C[C@H]2c2ccc(C)s2)cc1. The highest BCUT2D eigenvalue weighted by Gasteiger charge is 2.44. The highest BCUT2D eigenvalue weighted by molar-refractivity contribution is 7.12. The molecule has 0 aliphatic heterocycles. The second-order valence-corrected chi connectivity index (χ2v) is 7.39. The van der Waals surface area contributed by atoms with E-state index in [2.05, 4.69) is 24.4 Å². The molecule has 1 heterocycles. The molecule has 4 heteroatoms. The predicted octanol–water partition coefficient (Wildman–Crippen LogP) is 3.32. The van der Waals surface area contributed by atoms with Crippen molar-refractivity contribution in [2.75, 3.05) is 6.54 Å². The van der Waals surface area contributed by atoms with Gasteiger partial charge in [-0.1, -0.05) is 29.8 Å². The lowest BCUT2D eigenvalue weighted by Crippen LogP contribution is -2.29. The standard InChI is InChI=1S/C18H21NO2S/c1-11-3-6-13(7-4-11)16(20)10-19-18(21)15-9-14(15)17-8-5-12(2)22-17/h3-8,14-16,20H,9-10H2,1-2H3,(H,19,21)/t14-,15-,16-/m1/s1. The summed E-state index contributed by atoms with van der Waals surface area (Å²) in [5, 5.41) is 13.0. The van der Waals surface area contributed by atoms with Crippen LogP contribution in [-0.2, 0) is 4.79 Å². The number of amides is 1. The molecule has 1 fully saturated rings. The third-order valence-corrected chi connectivity index (χ3v) is 5.32. The molecule has 0 bridgehead atoms. The summed E-state index contributed by atoms with van der Waals surface area (Å²) in [6.07, 6.45) is 0.276. The zero-order valence-electron chi connectivity index (χ0n) is 12.9. The summed E-state index contributed by atoms with van der Waals surface area (Å²) < 4.78 is 0. The predicted molar refractivity (Wildman–Crippen MR) is 89.1 cm³/mol. The topological polar surface area (TPSA) is 49.3 Å². The number of thiophene rings is 1. The van der Waals surface area contributed by atoms with Gasteiger partial charge in [0.2, 0.25) is 5.91 Å². The highest BCUT2D eigenvalue weighted by atomic mass is 32.1. The Morgan fingerprint density at radius 1 is 1.27 bits per heavy atom. The molecule has 2 N–H and O–H groups in total. The van der Waals surface area contributed by atoms with E-state index < -0.39 is 6.10 Å². The van der Waals surface area contributed by atoms with Crippen molar-refractivity contribution < 1.29 is 9.90 Å². The summed E-state index contributed by atoms with van der Waals surface area (Å²) in [5.41, 5.74) is 2.00. The molecule has 0 saturated heterocycles. The highest BCUT2D eigenvalue weighted by Crippen LogP contribution is 2.49. The van der Waals surface area contributed by atoms with Crippen LogP contribution in [0.1, 0.15) is 39.3 Å². The van der Waals surface area contributed by atoms with Crippen LogP contribution in [0.25, 0.3) is 0 Å². The molecule has 0 spiro atoms. The number of aliphatic hydroxyl groups excluding tert-OH is 1. The van der Waals surface area contributed by atoms with E-state index in [1.807, 2.05) is 31.2 Å². The van der Waals surface area contributed by atoms with Crippen LogP contribution in [0.2, 0.25) is 0 Å². The lowest BCUT2D eigenvalue weighted by molar-refractivity contribution is -0.122. The number of hydrogen-bond acceptors (Lipinski definition) is 3. The van der Waals surface area contributed by atoms with E-state index in [0.29, 0.717) is 5.92 Å². The van der Waals surface area contributed by atoms with Gasteiger partial charge < -0.3 is 10.4 Å². The van der Waals surface area contributed by atoms with Crippen molar-refractivity contribution >= 4 is 17.2 Å². The zero-order chi connectivity index (χ0) is 15.7. The van der Waals surface area contributed by atoms with Crippen LogP contribution >= 0.6 is 11.3 Å². The average Bonchev–Trinajstić information content (AvgIpc) is 3.20. The van der Waals surface area contributed by atoms with E-state index in [0.717, 1.165) is 17.5 Å². The molecule has 1 aliphatic carbocycles. The molecule has 3 atom stereocenters. The van der Waals surface area contributed by atoms with Crippen LogP contribution < -0.4 is 5.32 Å². The zero-order valence-corrected chi connectivity index (χ0v) is 13.7. The van der Waals surface area contributed by atoms with E-state index >= 15 is 0 Å². The van der Waals surface area contributed by atoms with Crippen LogP contribution in [0.4, 0.5) is 0 Å². The number of aliphatic hydroxyl groups is 1. The van der Waals surface area contributed by atoms with Gasteiger partial charge in [0.15, 0.2) is 0 Å². The Kier molecular flexibility index (Phi) is 4.32. The minimum Gasteiger partial charge on any atom is -0.387 e. The fourth-order valence-electron chi connectivity index (χ4n) is 2.69. The van der Waals surface area contributed by atoms with Gasteiger partial charge in [-0.2, -0.15) is 0 Å². The van der Waals surface area contributed by atoms with Crippen LogP contribution in [0.5, 0.6) is 0 Å². The molecule has 1 amide bonds. The quantitative estimate of drug-likeness (QED) is 0.889. The van der Waals surface area contributed by atoms with Crippen molar-refractivity contribution in [3.63, 3.8) is 0 Å². The minimum atomic E-state index is -0.647. The van der Waals surface area contributed by atoms with Crippen LogP contribution in [0, 0.1) is 19.8 Å². The molecule has 1 aromatic carbocycles. The molecular formula is C18H21NO2S. The lowest BCUT2D eigenvalue weighted by Gasteiger charge is -2.12. The van der Waals surface area contributed by atoms with Crippen molar-refractivity contribution in [3.8, 4) is 0 Å². The van der Waals surface area contributed by atoms with Gasteiger partial charge in [0, 0.05) is 28.1 Å². The Hall–Kier alpha value is -1.65. The molecule has 1 saturated carbocycles. The second kappa shape index (κ2) is 6.23. The van der Waals surface area contributed by atoms with E-state index in [9.17, 15) is 9.90 Å². The third-order valence-electron chi connectivity index (χ3n) is 4.19. The molecule has 1 aliphatic rings. The molecule has 1 aromatic heterocycles. The molecule has 0 radical (unpaired) electrons. The van der Waals surface area contributed by atoms with Crippen molar-refractivity contribution in [2.24, 2.45) is 5.92 Å². The van der Waals surface area contributed by atoms with Crippen LogP contribution in [0.15, 0.2) is 36.4 Å². The molecule has 3 nitrogen and oxygen atoms in total. The number of carbonyl (C=O) groups is 1. The van der Waals surface area contributed by atoms with Crippen LogP contribution in [-0.4, -0.2) is 17.6 Å². The Labute approximate surface area is 135 Å². The molecule has 116 valence electrons. The van der Waals surface area contributed by atoms with E-state index in [1.165, 1.54) is 9.75 Å². The normalized spacial score (nSPS) is 21.4. The van der Waals surface area contributed by atoms with Gasteiger partial charge in [0.05, 0.1) is 6.10 Å². The Morgan fingerprint density at radius 3 is 2.64 bits per heavy atom. The summed E-state index contributed by atoms with van der Waals surface area (Å²) in [5.74, 6) is 0.501. The summed E-state index contributed by atoms with van der Waals surface area (Å²) in [4.78, 5) is 14.8.